The molecule has 0 radical (unpaired) electrons. The number of unbranched alkanes of at least 4 members (excludes halogenated alkanes) is 2. The third-order valence-electron chi connectivity index (χ3n) is 7.64. The van der Waals surface area contributed by atoms with Gasteiger partial charge in [0.05, 0.1) is 0 Å². The molecule has 0 saturated carbocycles. The molecule has 0 aliphatic heterocycles. The summed E-state index contributed by atoms with van der Waals surface area (Å²) in [5, 5.41) is 0. The minimum absolute atomic E-state index is 0. The molecular formula is C32H62O2Si2Zn. The quantitative estimate of drug-likeness (QED) is 0.0675. The van der Waals surface area contributed by atoms with Crippen LogP contribution in [0.2, 0.25) is 33.2 Å². The first-order valence-corrected chi connectivity index (χ1v) is 18.7. The zero-order chi connectivity index (χ0) is 28.4. The maximum absolute atomic E-state index is 6.46. The van der Waals surface area contributed by atoms with Crippen molar-refractivity contribution < 1.29 is 28.3 Å². The normalized spacial score (nSPS) is 12.8. The third kappa shape index (κ3) is 14.2. The van der Waals surface area contributed by atoms with E-state index in [-0.39, 0.29) is 19.5 Å². The van der Waals surface area contributed by atoms with Crippen molar-refractivity contribution in [2.45, 2.75) is 142 Å². The molecule has 0 aromatic carbocycles. The van der Waals surface area contributed by atoms with Crippen LogP contribution in [0.5, 0.6) is 0 Å². The number of allylic oxidation sites excluding steroid dienone is 6. The van der Waals surface area contributed by atoms with Gasteiger partial charge in [-0.1, -0.05) is 83.1 Å². The molecule has 0 rings (SSSR count). The molecule has 0 spiro atoms. The Labute approximate surface area is 248 Å². The van der Waals surface area contributed by atoms with Crippen LogP contribution in [0.15, 0.2) is 36.5 Å². The Balaban J connectivity index is -0.000000608. The average Bonchev–Trinajstić information content (AvgIpc) is 2.77. The van der Waals surface area contributed by atoms with Crippen molar-refractivity contribution >= 4 is 16.6 Å². The molecule has 0 saturated heterocycles. The maximum Gasteiger partial charge on any atom is 2.00 e. The van der Waals surface area contributed by atoms with Crippen molar-refractivity contribution in [3.8, 4) is 0 Å². The van der Waals surface area contributed by atoms with Crippen LogP contribution in [0.1, 0.15) is 109 Å². The molecule has 2 nitrogen and oxygen atoms in total. The molecule has 0 bridgehead atoms. The van der Waals surface area contributed by atoms with Gasteiger partial charge in [0, 0.05) is 13.2 Å². The van der Waals surface area contributed by atoms with Crippen LogP contribution in [-0.4, -0.2) is 29.8 Å². The summed E-state index contributed by atoms with van der Waals surface area (Å²) in [5.41, 5.74) is 4.03. The van der Waals surface area contributed by atoms with E-state index in [0.717, 1.165) is 38.9 Å². The molecule has 0 amide bonds. The van der Waals surface area contributed by atoms with Crippen LogP contribution in [0.4, 0.5) is 0 Å². The second-order valence-corrected chi connectivity index (χ2v) is 22.8. The number of rotatable bonds is 18. The minimum Gasteiger partial charge on any atom is -0.416 e. The van der Waals surface area contributed by atoms with Gasteiger partial charge in [0.15, 0.2) is 16.6 Å². The molecule has 0 fully saturated rings. The Morgan fingerprint density at radius 2 is 0.757 bits per heavy atom. The summed E-state index contributed by atoms with van der Waals surface area (Å²) in [6.45, 7) is 40.3. The zero-order valence-electron chi connectivity index (χ0n) is 26.8. The van der Waals surface area contributed by atoms with Gasteiger partial charge in [-0.05, 0) is 58.9 Å². The van der Waals surface area contributed by atoms with Gasteiger partial charge in [-0.15, -0.1) is 0 Å². The standard InChI is InChI=1S/2C16H31OSi.Zn/c2*1-8-9-10-11-12-13-17-18(14(2)3,15(4)5)16(6)7;/h2*1,8-10,14-16H,11-13H2,2-7H3;/q2*-1;+2/b2*10-9+;. The van der Waals surface area contributed by atoms with E-state index in [9.17, 15) is 0 Å². The second kappa shape index (κ2) is 22.7. The van der Waals surface area contributed by atoms with Gasteiger partial charge < -0.3 is 8.85 Å². The monoisotopic (exact) mass is 598 g/mol. The van der Waals surface area contributed by atoms with E-state index >= 15 is 0 Å². The maximum atomic E-state index is 6.46. The van der Waals surface area contributed by atoms with Crippen LogP contribution in [0, 0.1) is 13.2 Å². The second-order valence-electron chi connectivity index (χ2n) is 11.9. The van der Waals surface area contributed by atoms with E-state index in [4.69, 9.17) is 22.0 Å². The smallest absolute Gasteiger partial charge is 0.416 e. The van der Waals surface area contributed by atoms with Crippen LogP contribution >= 0.6 is 0 Å². The van der Waals surface area contributed by atoms with E-state index < -0.39 is 16.6 Å². The van der Waals surface area contributed by atoms with Gasteiger partial charge in [-0.25, -0.2) is 24.3 Å². The summed E-state index contributed by atoms with van der Waals surface area (Å²) >= 11 is 0. The van der Waals surface area contributed by atoms with E-state index in [1.807, 2.05) is 12.2 Å². The largest absolute Gasteiger partial charge is 2.00 e. The molecule has 0 aromatic heterocycles. The molecule has 212 valence electrons. The molecule has 0 aliphatic carbocycles. The van der Waals surface area contributed by atoms with Gasteiger partial charge in [0.1, 0.15) is 0 Å². The first-order valence-electron chi connectivity index (χ1n) is 14.5. The molecule has 0 N–H and O–H groups in total. The van der Waals surface area contributed by atoms with Crippen molar-refractivity contribution in [3.05, 3.63) is 49.6 Å². The summed E-state index contributed by atoms with van der Waals surface area (Å²) in [6, 6.07) is 0. The van der Waals surface area contributed by atoms with Crippen LogP contribution < -0.4 is 0 Å². The van der Waals surface area contributed by atoms with Gasteiger partial charge in [0.25, 0.3) is 0 Å². The zero-order valence-corrected chi connectivity index (χ0v) is 31.8. The van der Waals surface area contributed by atoms with Gasteiger partial charge >= 0.3 is 19.5 Å². The topological polar surface area (TPSA) is 18.5 Å². The number of hydrogen-bond donors (Lipinski definition) is 0. The molecule has 0 atom stereocenters. The van der Waals surface area contributed by atoms with Crippen molar-refractivity contribution in [2.75, 3.05) is 13.2 Å². The van der Waals surface area contributed by atoms with Crippen molar-refractivity contribution in [1.82, 2.24) is 0 Å². The van der Waals surface area contributed by atoms with Gasteiger partial charge in [0.2, 0.25) is 0 Å². The Hall–Kier alpha value is -0.0629. The van der Waals surface area contributed by atoms with Gasteiger partial charge in [-0.2, -0.15) is 12.2 Å². The van der Waals surface area contributed by atoms with Gasteiger partial charge in [-0.3, -0.25) is 13.2 Å². The fraction of sp³-hybridized carbons (Fsp3) is 0.750. The Kier molecular flexibility index (Phi) is 25.4. The Morgan fingerprint density at radius 3 is 0.946 bits per heavy atom. The van der Waals surface area contributed by atoms with E-state index in [1.54, 1.807) is 12.2 Å². The minimum atomic E-state index is -1.65. The molecular weight excluding hydrogens is 538 g/mol. The Bertz CT molecular complexity index is 525. The van der Waals surface area contributed by atoms with Crippen LogP contribution in [0.25, 0.3) is 0 Å². The first kappa shape index (κ1) is 41.4. The molecule has 0 heterocycles. The molecule has 5 heteroatoms. The number of hydrogen-bond acceptors (Lipinski definition) is 2. The molecule has 37 heavy (non-hydrogen) atoms. The van der Waals surface area contributed by atoms with Crippen molar-refractivity contribution in [3.63, 3.8) is 0 Å². The summed E-state index contributed by atoms with van der Waals surface area (Å²) in [7, 11) is -3.31. The summed E-state index contributed by atoms with van der Waals surface area (Å²) in [6.07, 6.45) is 15.4. The first-order chi connectivity index (χ1) is 16.8. The fourth-order valence-corrected chi connectivity index (χ4v) is 17.2. The van der Waals surface area contributed by atoms with Crippen LogP contribution in [0.3, 0.4) is 0 Å². The van der Waals surface area contributed by atoms with Crippen molar-refractivity contribution in [1.29, 1.82) is 0 Å². The summed E-state index contributed by atoms with van der Waals surface area (Å²) < 4.78 is 12.9. The van der Waals surface area contributed by atoms with E-state index in [2.05, 4.69) is 95.2 Å². The molecule has 0 unspecified atom stereocenters. The summed E-state index contributed by atoms with van der Waals surface area (Å²) in [5.74, 6) is 0. The average molecular weight is 600 g/mol. The SMILES string of the molecule is [CH-]=C/C=C/CCCO[Si](C(C)C)(C(C)C)C(C)C.[CH-]=C/C=C/CCCO[Si](C(C)C)(C(C)C)C(C)C.[Zn+2]. The predicted octanol–water partition coefficient (Wildman–Crippen LogP) is 11.0. The third-order valence-corrected chi connectivity index (χ3v) is 19.9. The van der Waals surface area contributed by atoms with E-state index in [0.29, 0.717) is 33.2 Å². The molecule has 0 aliphatic rings. The van der Waals surface area contributed by atoms with Crippen molar-refractivity contribution in [2.24, 2.45) is 0 Å². The Morgan fingerprint density at radius 1 is 0.514 bits per heavy atom. The van der Waals surface area contributed by atoms with Crippen LogP contribution in [-0.2, 0) is 28.3 Å². The molecule has 0 aromatic rings. The summed E-state index contributed by atoms with van der Waals surface area (Å²) in [4.78, 5) is 0. The van der Waals surface area contributed by atoms with E-state index in [1.165, 1.54) is 0 Å². The fourth-order valence-electron chi connectivity index (χ4n) is 6.25. The predicted molar refractivity (Wildman–Crippen MR) is 168 cm³/mol.